The van der Waals surface area contributed by atoms with Crippen molar-refractivity contribution in [3.63, 3.8) is 0 Å². The van der Waals surface area contributed by atoms with Gasteiger partial charge in [-0.3, -0.25) is 0 Å². The van der Waals surface area contributed by atoms with Gasteiger partial charge in [-0.05, 0) is 35.9 Å². The lowest BCUT2D eigenvalue weighted by Gasteiger charge is -2.05. The van der Waals surface area contributed by atoms with E-state index in [4.69, 9.17) is 4.74 Å². The van der Waals surface area contributed by atoms with E-state index in [0.717, 1.165) is 44.0 Å². The highest BCUT2D eigenvalue weighted by atomic mass is 32.1. The molecule has 1 heterocycles. The van der Waals surface area contributed by atoms with Crippen molar-refractivity contribution in [1.29, 1.82) is 0 Å². The number of hydrogen-bond acceptors (Lipinski definition) is 3. The van der Waals surface area contributed by atoms with E-state index in [2.05, 4.69) is 36.1 Å². The Labute approximate surface area is 96.4 Å². The fourth-order valence-corrected chi connectivity index (χ4v) is 1.94. The van der Waals surface area contributed by atoms with Gasteiger partial charge in [0.1, 0.15) is 5.75 Å². The Bertz CT molecular complexity index is 327. The average Bonchev–Trinajstić information content (AvgIpc) is 2.71. The predicted molar refractivity (Wildman–Crippen MR) is 65.8 cm³/mol. The third-order valence-electron chi connectivity index (χ3n) is 2.59. The molecule has 0 fully saturated rings. The Morgan fingerprint density at radius 3 is 3.20 bits per heavy atom. The topological polar surface area (TPSA) is 21.3 Å². The first-order valence-corrected chi connectivity index (χ1v) is 6.09. The monoisotopic (exact) mass is 223 g/mol. The zero-order valence-electron chi connectivity index (χ0n) is 8.83. The van der Waals surface area contributed by atoms with Crippen LogP contribution in [0.4, 0.5) is 0 Å². The summed E-state index contributed by atoms with van der Waals surface area (Å²) in [4.78, 5) is 0. The van der Waals surface area contributed by atoms with E-state index in [1.807, 2.05) is 0 Å². The molecule has 2 nitrogen and oxygen atoms in total. The van der Waals surface area contributed by atoms with Gasteiger partial charge in [0, 0.05) is 13.0 Å². The summed E-state index contributed by atoms with van der Waals surface area (Å²) in [6.45, 7) is 2.82. The van der Waals surface area contributed by atoms with Crippen molar-refractivity contribution < 1.29 is 4.74 Å². The molecule has 0 aliphatic carbocycles. The normalized spacial score (nSPS) is 13.7. The summed E-state index contributed by atoms with van der Waals surface area (Å²) in [5.41, 5.74) is 2.70. The van der Waals surface area contributed by atoms with E-state index in [9.17, 15) is 0 Å². The number of ether oxygens (including phenoxy) is 1. The van der Waals surface area contributed by atoms with Gasteiger partial charge in [0.15, 0.2) is 0 Å². The quantitative estimate of drug-likeness (QED) is 0.589. The van der Waals surface area contributed by atoms with Gasteiger partial charge < -0.3 is 10.1 Å². The minimum Gasteiger partial charge on any atom is -0.493 e. The van der Waals surface area contributed by atoms with Crippen LogP contribution in [0.3, 0.4) is 0 Å². The Balaban J connectivity index is 1.87. The summed E-state index contributed by atoms with van der Waals surface area (Å²) in [6.07, 6.45) is 2.18. The summed E-state index contributed by atoms with van der Waals surface area (Å²) in [5.74, 6) is 2.01. The van der Waals surface area contributed by atoms with Gasteiger partial charge in [-0.1, -0.05) is 12.1 Å². The molecule has 2 rings (SSSR count). The van der Waals surface area contributed by atoms with Crippen LogP contribution in [0.2, 0.25) is 0 Å². The molecule has 1 aliphatic rings. The first-order chi connectivity index (χ1) is 7.40. The van der Waals surface area contributed by atoms with Crippen molar-refractivity contribution in [2.45, 2.75) is 19.4 Å². The number of nitrogens with one attached hydrogen (secondary N) is 1. The maximum Gasteiger partial charge on any atom is 0.122 e. The first-order valence-electron chi connectivity index (χ1n) is 5.46. The Hall–Kier alpha value is -0.670. The number of thiol groups is 1. The summed E-state index contributed by atoms with van der Waals surface area (Å²) in [5, 5.41) is 3.40. The maximum atomic E-state index is 5.47. The highest BCUT2D eigenvalue weighted by molar-refractivity contribution is 7.80. The summed E-state index contributed by atoms with van der Waals surface area (Å²) < 4.78 is 5.47. The van der Waals surface area contributed by atoms with Crippen LogP contribution in [-0.2, 0) is 13.0 Å². The molecule has 0 spiro atoms. The molecule has 1 aliphatic heterocycles. The third kappa shape index (κ3) is 2.89. The van der Waals surface area contributed by atoms with Crippen LogP contribution in [0.1, 0.15) is 17.5 Å². The number of fused-ring (bicyclic) bond motifs is 1. The molecule has 0 unspecified atom stereocenters. The standard InChI is InChI=1S/C12H17NOS/c15-7-1-5-13-9-10-2-3-12-11(8-10)4-6-14-12/h2-3,8,13,15H,1,4-7,9H2. The van der Waals surface area contributed by atoms with Crippen LogP contribution in [0.25, 0.3) is 0 Å². The molecular formula is C12H17NOS. The minimum absolute atomic E-state index is 0.839. The molecule has 0 saturated heterocycles. The lowest BCUT2D eigenvalue weighted by Crippen LogP contribution is -2.15. The van der Waals surface area contributed by atoms with E-state index in [-0.39, 0.29) is 0 Å². The van der Waals surface area contributed by atoms with Gasteiger partial charge in [-0.15, -0.1) is 0 Å². The summed E-state index contributed by atoms with van der Waals surface area (Å²) in [7, 11) is 0. The highest BCUT2D eigenvalue weighted by Crippen LogP contribution is 2.25. The molecule has 3 heteroatoms. The van der Waals surface area contributed by atoms with E-state index in [1.54, 1.807) is 0 Å². The molecule has 0 radical (unpaired) electrons. The van der Waals surface area contributed by atoms with Crippen molar-refractivity contribution in [2.75, 3.05) is 18.9 Å². The molecule has 82 valence electrons. The van der Waals surface area contributed by atoms with E-state index < -0.39 is 0 Å². The molecule has 0 bridgehead atoms. The lowest BCUT2D eigenvalue weighted by molar-refractivity contribution is 0.357. The zero-order valence-corrected chi connectivity index (χ0v) is 9.72. The average molecular weight is 223 g/mol. The molecule has 15 heavy (non-hydrogen) atoms. The molecule has 0 atom stereocenters. The zero-order chi connectivity index (χ0) is 10.5. The Kier molecular flexibility index (Phi) is 3.92. The van der Waals surface area contributed by atoms with Gasteiger partial charge in [0.05, 0.1) is 6.61 Å². The lowest BCUT2D eigenvalue weighted by atomic mass is 10.1. The van der Waals surface area contributed by atoms with E-state index in [1.165, 1.54) is 11.1 Å². The van der Waals surface area contributed by atoms with Crippen molar-refractivity contribution in [2.24, 2.45) is 0 Å². The SMILES string of the molecule is SCCCNCc1ccc2c(c1)CCO2. The van der Waals surface area contributed by atoms with Crippen LogP contribution in [0.15, 0.2) is 18.2 Å². The second kappa shape index (κ2) is 5.42. The minimum atomic E-state index is 0.839. The van der Waals surface area contributed by atoms with Crippen LogP contribution >= 0.6 is 12.6 Å². The second-order valence-electron chi connectivity index (χ2n) is 3.79. The molecule has 1 aromatic carbocycles. The van der Waals surface area contributed by atoms with Crippen LogP contribution in [0.5, 0.6) is 5.75 Å². The summed E-state index contributed by atoms with van der Waals surface area (Å²) >= 11 is 4.18. The smallest absolute Gasteiger partial charge is 0.122 e. The predicted octanol–water partition coefficient (Wildman–Crippen LogP) is 2.03. The molecule has 0 aromatic heterocycles. The number of benzene rings is 1. The third-order valence-corrected chi connectivity index (χ3v) is 2.91. The van der Waals surface area contributed by atoms with Crippen molar-refractivity contribution in [3.8, 4) is 5.75 Å². The largest absolute Gasteiger partial charge is 0.493 e. The Morgan fingerprint density at radius 2 is 2.33 bits per heavy atom. The molecule has 0 amide bonds. The summed E-state index contributed by atoms with van der Waals surface area (Å²) in [6, 6.07) is 6.46. The van der Waals surface area contributed by atoms with Gasteiger partial charge in [-0.2, -0.15) is 12.6 Å². The fourth-order valence-electron chi connectivity index (χ4n) is 1.79. The number of hydrogen-bond donors (Lipinski definition) is 2. The van der Waals surface area contributed by atoms with Gasteiger partial charge in [0.25, 0.3) is 0 Å². The highest BCUT2D eigenvalue weighted by Gasteiger charge is 2.11. The Morgan fingerprint density at radius 1 is 1.40 bits per heavy atom. The first kappa shape index (κ1) is 10.8. The van der Waals surface area contributed by atoms with E-state index in [0.29, 0.717) is 0 Å². The van der Waals surface area contributed by atoms with Gasteiger partial charge in [-0.25, -0.2) is 0 Å². The van der Waals surface area contributed by atoms with Crippen molar-refractivity contribution in [1.82, 2.24) is 5.32 Å². The molecular weight excluding hydrogens is 206 g/mol. The molecule has 1 N–H and O–H groups in total. The van der Waals surface area contributed by atoms with Crippen molar-refractivity contribution in [3.05, 3.63) is 29.3 Å². The number of rotatable bonds is 5. The van der Waals surface area contributed by atoms with E-state index >= 15 is 0 Å². The fraction of sp³-hybridized carbons (Fsp3) is 0.500. The van der Waals surface area contributed by atoms with Crippen LogP contribution in [0, 0.1) is 0 Å². The molecule has 1 aromatic rings. The van der Waals surface area contributed by atoms with Crippen LogP contribution in [-0.4, -0.2) is 18.9 Å². The van der Waals surface area contributed by atoms with Crippen molar-refractivity contribution >= 4 is 12.6 Å². The maximum absolute atomic E-state index is 5.47. The van der Waals surface area contributed by atoms with Crippen LogP contribution < -0.4 is 10.1 Å². The van der Waals surface area contributed by atoms with Gasteiger partial charge >= 0.3 is 0 Å². The second-order valence-corrected chi connectivity index (χ2v) is 4.24. The molecule has 0 saturated carbocycles. The van der Waals surface area contributed by atoms with Gasteiger partial charge in [0.2, 0.25) is 0 Å².